The Morgan fingerprint density at radius 2 is 2.27 bits per heavy atom. The maximum Gasteiger partial charge on any atom is 0.221 e. The van der Waals surface area contributed by atoms with E-state index in [0.29, 0.717) is 6.54 Å². The molecular formula is C11H11BrN2O. The van der Waals surface area contributed by atoms with Gasteiger partial charge in [-0.2, -0.15) is 0 Å². The molecule has 1 amide bonds. The lowest BCUT2D eigenvalue weighted by molar-refractivity contribution is -0.114. The van der Waals surface area contributed by atoms with Crippen LogP contribution >= 0.6 is 15.9 Å². The van der Waals surface area contributed by atoms with Gasteiger partial charge in [-0.05, 0) is 18.2 Å². The second-order valence-corrected chi connectivity index (χ2v) is 3.84. The van der Waals surface area contributed by atoms with Crippen LogP contribution < -0.4 is 10.6 Å². The SMILES string of the molecule is C#CCNc1cc(Br)ccc1NC(C)=O. The first-order valence-electron chi connectivity index (χ1n) is 4.38. The molecule has 0 aliphatic heterocycles. The molecule has 4 heteroatoms. The maximum absolute atomic E-state index is 10.9. The van der Waals surface area contributed by atoms with Crippen molar-refractivity contribution >= 4 is 33.2 Å². The number of halogens is 1. The van der Waals surface area contributed by atoms with Gasteiger partial charge in [0.15, 0.2) is 0 Å². The Hall–Kier alpha value is -1.47. The van der Waals surface area contributed by atoms with Crippen molar-refractivity contribution < 1.29 is 4.79 Å². The Labute approximate surface area is 97.4 Å². The van der Waals surface area contributed by atoms with Crippen LogP contribution in [0.1, 0.15) is 6.92 Å². The van der Waals surface area contributed by atoms with E-state index in [1.807, 2.05) is 18.2 Å². The fraction of sp³-hybridized carbons (Fsp3) is 0.182. The smallest absolute Gasteiger partial charge is 0.221 e. The number of rotatable bonds is 3. The third-order valence-corrected chi connectivity index (χ3v) is 2.17. The van der Waals surface area contributed by atoms with Gasteiger partial charge in [0.1, 0.15) is 0 Å². The predicted octanol–water partition coefficient (Wildman–Crippen LogP) is 2.45. The van der Waals surface area contributed by atoms with Crippen molar-refractivity contribution in [3.05, 3.63) is 22.7 Å². The van der Waals surface area contributed by atoms with Gasteiger partial charge in [0, 0.05) is 11.4 Å². The number of anilines is 2. The zero-order valence-corrected chi connectivity index (χ0v) is 9.89. The van der Waals surface area contributed by atoms with Crippen LogP contribution in [0.15, 0.2) is 22.7 Å². The first-order valence-corrected chi connectivity index (χ1v) is 5.17. The summed E-state index contributed by atoms with van der Waals surface area (Å²) in [5.74, 6) is 2.37. The number of nitrogens with one attached hydrogen (secondary N) is 2. The van der Waals surface area contributed by atoms with Crippen LogP contribution in [0.2, 0.25) is 0 Å². The molecule has 0 aliphatic rings. The Morgan fingerprint density at radius 1 is 1.53 bits per heavy atom. The highest BCUT2D eigenvalue weighted by molar-refractivity contribution is 9.10. The minimum absolute atomic E-state index is 0.110. The van der Waals surface area contributed by atoms with Crippen molar-refractivity contribution in [3.8, 4) is 12.3 Å². The van der Waals surface area contributed by atoms with Gasteiger partial charge in [-0.15, -0.1) is 6.42 Å². The lowest BCUT2D eigenvalue weighted by atomic mass is 10.2. The summed E-state index contributed by atoms with van der Waals surface area (Å²) in [5.41, 5.74) is 1.53. The van der Waals surface area contributed by atoms with Gasteiger partial charge in [0.05, 0.1) is 17.9 Å². The van der Waals surface area contributed by atoms with Crippen LogP contribution in [0.25, 0.3) is 0 Å². The minimum atomic E-state index is -0.110. The molecule has 0 aliphatic carbocycles. The summed E-state index contributed by atoms with van der Waals surface area (Å²) in [7, 11) is 0. The van der Waals surface area contributed by atoms with E-state index in [9.17, 15) is 4.79 Å². The predicted molar refractivity (Wildman–Crippen MR) is 65.8 cm³/mol. The summed E-state index contributed by atoms with van der Waals surface area (Å²) >= 11 is 3.35. The molecule has 0 aromatic heterocycles. The number of hydrogen-bond donors (Lipinski definition) is 2. The van der Waals surface area contributed by atoms with E-state index >= 15 is 0 Å². The van der Waals surface area contributed by atoms with Crippen LogP contribution in [0.5, 0.6) is 0 Å². The lowest BCUT2D eigenvalue weighted by Gasteiger charge is -2.10. The first kappa shape index (κ1) is 11.6. The van der Waals surface area contributed by atoms with Gasteiger partial charge < -0.3 is 10.6 Å². The number of amides is 1. The van der Waals surface area contributed by atoms with E-state index in [2.05, 4.69) is 32.5 Å². The van der Waals surface area contributed by atoms with E-state index in [1.165, 1.54) is 6.92 Å². The fourth-order valence-electron chi connectivity index (χ4n) is 1.11. The summed E-state index contributed by atoms with van der Waals surface area (Å²) < 4.78 is 0.927. The van der Waals surface area contributed by atoms with Gasteiger partial charge >= 0.3 is 0 Å². The Kier molecular flexibility index (Phi) is 4.19. The molecule has 0 radical (unpaired) electrons. The van der Waals surface area contributed by atoms with E-state index in [4.69, 9.17) is 6.42 Å². The third kappa shape index (κ3) is 3.64. The summed E-state index contributed by atoms with van der Waals surface area (Å²) in [6, 6.07) is 5.53. The molecule has 0 saturated carbocycles. The molecule has 3 nitrogen and oxygen atoms in total. The first-order chi connectivity index (χ1) is 7.13. The van der Waals surface area contributed by atoms with E-state index < -0.39 is 0 Å². The maximum atomic E-state index is 10.9. The molecule has 0 unspecified atom stereocenters. The van der Waals surface area contributed by atoms with Crippen molar-refractivity contribution in [3.63, 3.8) is 0 Å². The van der Waals surface area contributed by atoms with Gasteiger partial charge in [-0.25, -0.2) is 0 Å². The molecular weight excluding hydrogens is 256 g/mol. The molecule has 78 valence electrons. The number of benzene rings is 1. The highest BCUT2D eigenvalue weighted by Gasteiger charge is 2.03. The van der Waals surface area contributed by atoms with Crippen molar-refractivity contribution in [1.82, 2.24) is 0 Å². The molecule has 0 atom stereocenters. The molecule has 1 aromatic rings. The zero-order valence-electron chi connectivity index (χ0n) is 8.30. The fourth-order valence-corrected chi connectivity index (χ4v) is 1.47. The number of carbonyl (C=O) groups excluding carboxylic acids is 1. The largest absolute Gasteiger partial charge is 0.372 e. The highest BCUT2D eigenvalue weighted by Crippen LogP contribution is 2.25. The van der Waals surface area contributed by atoms with Crippen LogP contribution in [0, 0.1) is 12.3 Å². The molecule has 2 N–H and O–H groups in total. The van der Waals surface area contributed by atoms with Crippen molar-refractivity contribution in [2.75, 3.05) is 17.2 Å². The molecule has 0 bridgehead atoms. The van der Waals surface area contributed by atoms with Crippen molar-refractivity contribution in [2.45, 2.75) is 6.92 Å². The molecule has 0 saturated heterocycles. The van der Waals surface area contributed by atoms with Crippen LogP contribution in [0.3, 0.4) is 0 Å². The van der Waals surface area contributed by atoms with E-state index in [-0.39, 0.29) is 5.91 Å². The van der Waals surface area contributed by atoms with Gasteiger partial charge in [0.25, 0.3) is 0 Å². The standard InChI is InChI=1S/C11H11BrN2O/c1-3-6-13-11-7-9(12)4-5-10(11)14-8(2)15/h1,4-5,7,13H,6H2,2H3,(H,14,15). The molecule has 1 rings (SSSR count). The number of carbonyl (C=O) groups is 1. The normalized spacial score (nSPS) is 9.13. The summed E-state index contributed by atoms with van der Waals surface area (Å²) in [4.78, 5) is 10.9. The second-order valence-electron chi connectivity index (χ2n) is 2.93. The highest BCUT2D eigenvalue weighted by atomic mass is 79.9. The minimum Gasteiger partial charge on any atom is -0.372 e. The Morgan fingerprint density at radius 3 is 2.87 bits per heavy atom. The molecule has 0 fully saturated rings. The topological polar surface area (TPSA) is 41.1 Å². The van der Waals surface area contributed by atoms with Crippen molar-refractivity contribution in [1.29, 1.82) is 0 Å². The average Bonchev–Trinajstić information content (AvgIpc) is 2.18. The average molecular weight is 267 g/mol. The number of hydrogen-bond acceptors (Lipinski definition) is 2. The Balaban J connectivity index is 2.93. The quantitative estimate of drug-likeness (QED) is 0.826. The number of terminal acetylenes is 1. The van der Waals surface area contributed by atoms with Gasteiger partial charge in [-0.3, -0.25) is 4.79 Å². The summed E-state index contributed by atoms with van der Waals surface area (Å²) in [5, 5.41) is 5.75. The van der Waals surface area contributed by atoms with Crippen molar-refractivity contribution in [2.24, 2.45) is 0 Å². The second kappa shape index (κ2) is 5.42. The van der Waals surface area contributed by atoms with Gasteiger partial charge in [-0.1, -0.05) is 21.9 Å². The summed E-state index contributed by atoms with van der Waals surface area (Å²) in [6.45, 7) is 1.88. The van der Waals surface area contributed by atoms with E-state index in [1.54, 1.807) is 0 Å². The molecule has 1 aromatic carbocycles. The molecule has 0 spiro atoms. The summed E-state index contributed by atoms with van der Waals surface area (Å²) in [6.07, 6.45) is 5.15. The molecule has 15 heavy (non-hydrogen) atoms. The molecule has 0 heterocycles. The Bertz CT molecular complexity index is 410. The van der Waals surface area contributed by atoms with Crippen LogP contribution in [-0.2, 0) is 4.79 Å². The van der Waals surface area contributed by atoms with Crippen LogP contribution in [0.4, 0.5) is 11.4 Å². The third-order valence-electron chi connectivity index (χ3n) is 1.67. The zero-order chi connectivity index (χ0) is 11.3. The van der Waals surface area contributed by atoms with Crippen LogP contribution in [-0.4, -0.2) is 12.5 Å². The van der Waals surface area contributed by atoms with Gasteiger partial charge in [0.2, 0.25) is 5.91 Å². The monoisotopic (exact) mass is 266 g/mol. The van der Waals surface area contributed by atoms with E-state index in [0.717, 1.165) is 15.8 Å². The lowest BCUT2D eigenvalue weighted by Crippen LogP contribution is -2.09.